The average Bonchev–Trinajstić information content (AvgIpc) is 2.58. The molecule has 2 bridgehead atoms. The fraction of sp³-hybridized carbons (Fsp3) is 0.812. The van der Waals surface area contributed by atoms with Crippen LogP contribution in [0, 0.1) is 0 Å². The Bertz CT molecular complexity index is 451. The first-order valence-corrected chi connectivity index (χ1v) is 8.29. The third-order valence-electron chi connectivity index (χ3n) is 4.13. The molecule has 23 heavy (non-hydrogen) atoms. The summed E-state index contributed by atoms with van der Waals surface area (Å²) in [6.07, 6.45) is 5.99. The SMILES string of the molecule is CCCCCCCCCC12OC(=O)CC(O)(CC(=O)O1)C(=O)O2. The Kier molecular flexibility index (Phi) is 5.62. The molecule has 2 aliphatic heterocycles. The fourth-order valence-corrected chi connectivity index (χ4v) is 2.85. The van der Waals surface area contributed by atoms with Gasteiger partial charge in [0, 0.05) is 0 Å². The molecule has 2 saturated heterocycles. The third-order valence-corrected chi connectivity index (χ3v) is 4.13. The largest absolute Gasteiger partial charge is 0.423 e. The number of unbranched alkanes of at least 4 members (excludes halogenated alkanes) is 6. The molecule has 0 aromatic carbocycles. The average molecular weight is 328 g/mol. The van der Waals surface area contributed by atoms with Crippen LogP contribution in [-0.2, 0) is 28.6 Å². The van der Waals surface area contributed by atoms with E-state index in [0.29, 0.717) is 6.42 Å². The summed E-state index contributed by atoms with van der Waals surface area (Å²) in [7, 11) is 0. The van der Waals surface area contributed by atoms with E-state index in [0.717, 1.165) is 19.3 Å². The first-order chi connectivity index (χ1) is 10.9. The van der Waals surface area contributed by atoms with E-state index >= 15 is 0 Å². The molecule has 2 rings (SSSR count). The quantitative estimate of drug-likeness (QED) is 0.537. The minimum Gasteiger partial charge on any atom is -0.388 e. The predicted molar refractivity (Wildman–Crippen MR) is 77.8 cm³/mol. The van der Waals surface area contributed by atoms with Crippen LogP contribution in [0.1, 0.15) is 71.1 Å². The van der Waals surface area contributed by atoms with Crippen LogP contribution in [0.2, 0.25) is 0 Å². The van der Waals surface area contributed by atoms with E-state index < -0.39 is 42.3 Å². The summed E-state index contributed by atoms with van der Waals surface area (Å²) in [6, 6.07) is 0. The van der Waals surface area contributed by atoms with Crippen molar-refractivity contribution < 1.29 is 33.7 Å². The fourth-order valence-electron chi connectivity index (χ4n) is 2.85. The lowest BCUT2D eigenvalue weighted by Gasteiger charge is -2.28. The molecule has 0 atom stereocenters. The summed E-state index contributed by atoms with van der Waals surface area (Å²) in [5.41, 5.74) is -2.19. The maximum Gasteiger partial charge on any atom is 0.423 e. The second-order valence-corrected chi connectivity index (χ2v) is 6.28. The minimum atomic E-state index is -2.19. The van der Waals surface area contributed by atoms with Gasteiger partial charge in [0.1, 0.15) is 0 Å². The number of hydrogen-bond acceptors (Lipinski definition) is 7. The standard InChI is InChI=1S/C16H24O7/c1-2-3-4-5-6-7-8-9-16-21-12(17)10-15(20,14(19)23-16)11-13(18)22-16/h20H,2-11H2,1H3. The minimum absolute atomic E-state index is 0.0834. The zero-order chi connectivity index (χ0) is 16.9. The number of ether oxygens (including phenoxy) is 3. The Labute approximate surface area is 135 Å². The lowest BCUT2D eigenvalue weighted by molar-refractivity contribution is -0.326. The molecule has 2 aliphatic rings. The second-order valence-electron chi connectivity index (χ2n) is 6.28. The molecule has 0 saturated carbocycles. The Morgan fingerprint density at radius 2 is 1.39 bits per heavy atom. The van der Waals surface area contributed by atoms with Crippen molar-refractivity contribution in [2.75, 3.05) is 0 Å². The van der Waals surface area contributed by atoms with Gasteiger partial charge in [0.05, 0.1) is 19.3 Å². The smallest absolute Gasteiger partial charge is 0.388 e. The maximum atomic E-state index is 12.0. The van der Waals surface area contributed by atoms with Crippen molar-refractivity contribution in [2.45, 2.75) is 82.7 Å². The normalized spacial score (nSPS) is 30.3. The topological polar surface area (TPSA) is 99.1 Å². The van der Waals surface area contributed by atoms with E-state index in [1.807, 2.05) is 0 Å². The van der Waals surface area contributed by atoms with E-state index in [-0.39, 0.29) is 6.42 Å². The molecular weight excluding hydrogens is 304 g/mol. The van der Waals surface area contributed by atoms with Crippen molar-refractivity contribution in [1.82, 2.24) is 0 Å². The maximum absolute atomic E-state index is 12.0. The van der Waals surface area contributed by atoms with E-state index in [1.54, 1.807) is 0 Å². The molecule has 7 heteroatoms. The van der Waals surface area contributed by atoms with Crippen molar-refractivity contribution in [2.24, 2.45) is 0 Å². The second kappa shape index (κ2) is 7.29. The molecule has 7 nitrogen and oxygen atoms in total. The van der Waals surface area contributed by atoms with Crippen LogP contribution in [0.3, 0.4) is 0 Å². The third kappa shape index (κ3) is 4.43. The van der Waals surface area contributed by atoms with Crippen LogP contribution in [0.5, 0.6) is 0 Å². The molecule has 1 N–H and O–H groups in total. The molecule has 0 amide bonds. The highest BCUT2D eigenvalue weighted by Gasteiger charge is 2.58. The van der Waals surface area contributed by atoms with E-state index in [2.05, 4.69) is 6.92 Å². The van der Waals surface area contributed by atoms with Gasteiger partial charge in [-0.25, -0.2) is 4.79 Å². The molecule has 0 aliphatic carbocycles. The van der Waals surface area contributed by atoms with Crippen LogP contribution in [0.4, 0.5) is 0 Å². The van der Waals surface area contributed by atoms with Gasteiger partial charge in [0.2, 0.25) is 0 Å². The Balaban J connectivity index is 1.93. The number of carbonyl (C=O) groups excluding carboxylic acids is 3. The molecule has 2 fully saturated rings. The van der Waals surface area contributed by atoms with Crippen molar-refractivity contribution in [3.05, 3.63) is 0 Å². The lowest BCUT2D eigenvalue weighted by atomic mass is 9.96. The van der Waals surface area contributed by atoms with Crippen molar-refractivity contribution in [1.29, 1.82) is 0 Å². The number of hydrogen-bond donors (Lipinski definition) is 1. The number of esters is 3. The zero-order valence-electron chi connectivity index (χ0n) is 13.5. The van der Waals surface area contributed by atoms with Crippen molar-refractivity contribution >= 4 is 17.9 Å². The highest BCUT2D eigenvalue weighted by Crippen LogP contribution is 2.36. The van der Waals surface area contributed by atoms with Gasteiger partial charge in [0.15, 0.2) is 5.60 Å². The number of rotatable bonds is 8. The van der Waals surface area contributed by atoms with Gasteiger partial charge in [-0.05, 0) is 6.42 Å². The van der Waals surface area contributed by atoms with Gasteiger partial charge in [-0.15, -0.1) is 0 Å². The summed E-state index contributed by atoms with van der Waals surface area (Å²) in [6.45, 7) is 2.15. The van der Waals surface area contributed by atoms with Gasteiger partial charge in [-0.3, -0.25) is 9.59 Å². The Morgan fingerprint density at radius 3 is 1.96 bits per heavy atom. The molecule has 0 unspecified atom stereocenters. The summed E-state index contributed by atoms with van der Waals surface area (Å²) in [4.78, 5) is 35.5. The van der Waals surface area contributed by atoms with Gasteiger partial charge in [-0.1, -0.05) is 45.4 Å². The predicted octanol–water partition coefficient (Wildman–Crippen LogP) is 1.95. The highest BCUT2D eigenvalue weighted by atomic mass is 16.9. The molecule has 0 spiro atoms. The highest BCUT2D eigenvalue weighted by molar-refractivity contribution is 5.92. The van der Waals surface area contributed by atoms with Crippen LogP contribution >= 0.6 is 0 Å². The van der Waals surface area contributed by atoms with E-state index in [4.69, 9.17) is 14.2 Å². The lowest BCUT2D eigenvalue weighted by Crippen LogP contribution is -2.42. The van der Waals surface area contributed by atoms with Gasteiger partial charge < -0.3 is 19.3 Å². The Morgan fingerprint density at radius 1 is 0.870 bits per heavy atom. The summed E-state index contributed by atoms with van der Waals surface area (Å²) in [5.74, 6) is -4.69. The summed E-state index contributed by atoms with van der Waals surface area (Å²) in [5, 5.41) is 10.1. The van der Waals surface area contributed by atoms with Crippen molar-refractivity contribution in [3.63, 3.8) is 0 Å². The van der Waals surface area contributed by atoms with Gasteiger partial charge in [-0.2, -0.15) is 0 Å². The molecular formula is C16H24O7. The van der Waals surface area contributed by atoms with Crippen LogP contribution < -0.4 is 0 Å². The first kappa shape index (κ1) is 17.7. The van der Waals surface area contributed by atoms with Crippen LogP contribution in [0.15, 0.2) is 0 Å². The number of aliphatic hydroxyl groups is 1. The zero-order valence-corrected chi connectivity index (χ0v) is 13.5. The van der Waals surface area contributed by atoms with E-state index in [9.17, 15) is 19.5 Å². The van der Waals surface area contributed by atoms with E-state index in [1.165, 1.54) is 19.3 Å². The van der Waals surface area contributed by atoms with Crippen LogP contribution in [0.25, 0.3) is 0 Å². The Hall–Kier alpha value is -1.63. The molecule has 0 aromatic rings. The summed E-state index contributed by atoms with van der Waals surface area (Å²) < 4.78 is 15.1. The van der Waals surface area contributed by atoms with Crippen LogP contribution in [-0.4, -0.2) is 34.6 Å². The summed E-state index contributed by atoms with van der Waals surface area (Å²) >= 11 is 0. The molecule has 130 valence electrons. The van der Waals surface area contributed by atoms with Crippen molar-refractivity contribution in [3.8, 4) is 0 Å². The molecule has 2 heterocycles. The number of fused-ring (bicyclic) bond motifs is 3. The molecule has 0 aromatic heterocycles. The van der Waals surface area contributed by atoms with Gasteiger partial charge in [0.25, 0.3) is 0 Å². The van der Waals surface area contributed by atoms with Gasteiger partial charge >= 0.3 is 23.9 Å². The first-order valence-electron chi connectivity index (χ1n) is 8.29. The monoisotopic (exact) mass is 328 g/mol. The molecule has 0 radical (unpaired) electrons. The number of carbonyl (C=O) groups is 3.